The Labute approximate surface area is 86.9 Å². The number of hydrogen-bond donors (Lipinski definition) is 2. The molecule has 1 heterocycles. The van der Waals surface area contributed by atoms with Crippen molar-refractivity contribution in [3.8, 4) is 0 Å². The van der Waals surface area contributed by atoms with Gasteiger partial charge >= 0.3 is 0 Å². The van der Waals surface area contributed by atoms with Gasteiger partial charge in [-0.3, -0.25) is 0 Å². The third-order valence-electron chi connectivity index (χ3n) is 2.32. The monoisotopic (exact) mass is 240 g/mol. The van der Waals surface area contributed by atoms with Gasteiger partial charge in [-0.1, -0.05) is 34.1 Å². The number of halogens is 1. The van der Waals surface area contributed by atoms with Crippen molar-refractivity contribution in [2.75, 3.05) is 13.1 Å². The molecule has 70 valence electrons. The molecule has 0 bridgehead atoms. The van der Waals surface area contributed by atoms with Gasteiger partial charge < -0.3 is 10.6 Å². The minimum atomic E-state index is 0.659. The van der Waals surface area contributed by atoms with Gasteiger partial charge in [-0.2, -0.15) is 0 Å². The third-order valence-corrected chi connectivity index (χ3v) is 3.09. The van der Waals surface area contributed by atoms with Crippen LogP contribution in [0.1, 0.15) is 5.56 Å². The normalized spacial score (nSPS) is 17.0. The van der Waals surface area contributed by atoms with E-state index >= 15 is 0 Å². The van der Waals surface area contributed by atoms with E-state index in [1.807, 2.05) is 6.07 Å². The fourth-order valence-corrected chi connectivity index (χ4v) is 1.75. The molecule has 1 fully saturated rings. The zero-order chi connectivity index (χ0) is 9.10. The van der Waals surface area contributed by atoms with Gasteiger partial charge in [0.15, 0.2) is 0 Å². The number of nitrogens with one attached hydrogen (secondary N) is 2. The fraction of sp³-hybridized carbons (Fsp3) is 0.400. The number of rotatable bonds is 3. The second-order valence-corrected chi connectivity index (χ2v) is 4.18. The molecule has 1 aromatic carbocycles. The summed E-state index contributed by atoms with van der Waals surface area (Å²) >= 11 is 3.53. The third kappa shape index (κ3) is 2.30. The van der Waals surface area contributed by atoms with Crippen molar-refractivity contribution in [1.29, 1.82) is 0 Å². The molecule has 0 spiro atoms. The van der Waals surface area contributed by atoms with Gasteiger partial charge in [0, 0.05) is 30.1 Å². The lowest BCUT2D eigenvalue weighted by Gasteiger charge is -2.28. The first-order chi connectivity index (χ1) is 6.36. The second kappa shape index (κ2) is 4.22. The first-order valence-corrected chi connectivity index (χ1v) is 5.33. The smallest absolute Gasteiger partial charge is 0.0320 e. The summed E-state index contributed by atoms with van der Waals surface area (Å²) < 4.78 is 1.19. The van der Waals surface area contributed by atoms with Crippen LogP contribution in [0.25, 0.3) is 0 Å². The van der Waals surface area contributed by atoms with Crippen LogP contribution in [0.3, 0.4) is 0 Å². The Morgan fingerprint density at radius 3 is 2.77 bits per heavy atom. The predicted octanol–water partition coefficient (Wildman–Crippen LogP) is 1.51. The summed E-state index contributed by atoms with van der Waals surface area (Å²) in [6.07, 6.45) is 0. The first kappa shape index (κ1) is 9.19. The van der Waals surface area contributed by atoms with Crippen molar-refractivity contribution in [2.45, 2.75) is 12.6 Å². The van der Waals surface area contributed by atoms with E-state index < -0.39 is 0 Å². The summed E-state index contributed by atoms with van der Waals surface area (Å²) in [7, 11) is 0. The Morgan fingerprint density at radius 2 is 2.15 bits per heavy atom. The molecule has 0 aromatic heterocycles. The van der Waals surface area contributed by atoms with Crippen molar-refractivity contribution in [2.24, 2.45) is 0 Å². The van der Waals surface area contributed by atoms with Gasteiger partial charge in [0.25, 0.3) is 0 Å². The van der Waals surface area contributed by atoms with E-state index in [1.54, 1.807) is 0 Å². The van der Waals surface area contributed by atoms with Crippen molar-refractivity contribution >= 4 is 15.9 Å². The van der Waals surface area contributed by atoms with Gasteiger partial charge in [-0.15, -0.1) is 0 Å². The highest BCUT2D eigenvalue weighted by Crippen LogP contribution is 2.15. The highest BCUT2D eigenvalue weighted by atomic mass is 79.9. The molecule has 2 rings (SSSR count). The topological polar surface area (TPSA) is 24.1 Å². The lowest BCUT2D eigenvalue weighted by atomic mass is 10.1. The van der Waals surface area contributed by atoms with Crippen molar-refractivity contribution in [3.05, 3.63) is 34.3 Å². The van der Waals surface area contributed by atoms with Crippen LogP contribution in [0.2, 0.25) is 0 Å². The SMILES string of the molecule is Brc1ccccc1CNC1CNC1. The zero-order valence-corrected chi connectivity index (χ0v) is 8.97. The largest absolute Gasteiger partial charge is 0.314 e. The van der Waals surface area contributed by atoms with Gasteiger partial charge in [0.1, 0.15) is 0 Å². The van der Waals surface area contributed by atoms with E-state index in [2.05, 4.69) is 44.8 Å². The van der Waals surface area contributed by atoms with E-state index in [-0.39, 0.29) is 0 Å². The van der Waals surface area contributed by atoms with E-state index in [9.17, 15) is 0 Å². The van der Waals surface area contributed by atoms with Crippen LogP contribution in [0.4, 0.5) is 0 Å². The molecule has 0 unspecified atom stereocenters. The summed E-state index contributed by atoms with van der Waals surface area (Å²) in [5.41, 5.74) is 1.33. The van der Waals surface area contributed by atoms with E-state index in [4.69, 9.17) is 0 Å². The molecule has 13 heavy (non-hydrogen) atoms. The van der Waals surface area contributed by atoms with Crippen LogP contribution in [-0.4, -0.2) is 19.1 Å². The highest BCUT2D eigenvalue weighted by Gasteiger charge is 2.15. The van der Waals surface area contributed by atoms with Crippen LogP contribution in [0, 0.1) is 0 Å². The van der Waals surface area contributed by atoms with Gasteiger partial charge in [0.05, 0.1) is 0 Å². The van der Waals surface area contributed by atoms with Crippen LogP contribution < -0.4 is 10.6 Å². The van der Waals surface area contributed by atoms with Crippen LogP contribution in [0.5, 0.6) is 0 Å². The maximum absolute atomic E-state index is 3.53. The molecule has 0 aliphatic carbocycles. The molecule has 2 N–H and O–H groups in total. The van der Waals surface area contributed by atoms with Crippen molar-refractivity contribution < 1.29 is 0 Å². The van der Waals surface area contributed by atoms with Gasteiger partial charge in [-0.25, -0.2) is 0 Å². The molecule has 0 amide bonds. The summed E-state index contributed by atoms with van der Waals surface area (Å²) in [6.45, 7) is 3.16. The van der Waals surface area contributed by atoms with Crippen molar-refractivity contribution in [1.82, 2.24) is 10.6 Å². The minimum Gasteiger partial charge on any atom is -0.314 e. The molecule has 2 nitrogen and oxygen atoms in total. The Morgan fingerprint density at radius 1 is 1.38 bits per heavy atom. The highest BCUT2D eigenvalue weighted by molar-refractivity contribution is 9.10. The molecule has 0 atom stereocenters. The summed E-state index contributed by atoms with van der Waals surface area (Å²) in [6, 6.07) is 8.99. The zero-order valence-electron chi connectivity index (χ0n) is 7.39. The van der Waals surface area contributed by atoms with Crippen LogP contribution in [-0.2, 0) is 6.54 Å². The average molecular weight is 241 g/mol. The standard InChI is InChI=1S/C10H13BrN2/c11-10-4-2-1-3-8(10)5-13-9-6-12-7-9/h1-4,9,12-13H,5-7H2. The van der Waals surface area contributed by atoms with E-state index in [0.29, 0.717) is 6.04 Å². The number of benzene rings is 1. The van der Waals surface area contributed by atoms with E-state index in [0.717, 1.165) is 19.6 Å². The number of hydrogen-bond acceptors (Lipinski definition) is 2. The Hall–Kier alpha value is -0.380. The Kier molecular flexibility index (Phi) is 2.98. The Bertz CT molecular complexity index is 284. The lowest BCUT2D eigenvalue weighted by Crippen LogP contribution is -2.54. The minimum absolute atomic E-state index is 0.659. The van der Waals surface area contributed by atoms with E-state index in [1.165, 1.54) is 10.0 Å². The molecule has 3 heteroatoms. The van der Waals surface area contributed by atoms with Crippen LogP contribution in [0.15, 0.2) is 28.7 Å². The second-order valence-electron chi connectivity index (χ2n) is 3.33. The lowest BCUT2D eigenvalue weighted by molar-refractivity contribution is 0.365. The van der Waals surface area contributed by atoms with Crippen molar-refractivity contribution in [3.63, 3.8) is 0 Å². The summed E-state index contributed by atoms with van der Waals surface area (Å²) in [5, 5.41) is 6.72. The van der Waals surface area contributed by atoms with Gasteiger partial charge in [-0.05, 0) is 11.6 Å². The summed E-state index contributed by atoms with van der Waals surface area (Å²) in [4.78, 5) is 0. The molecule has 1 saturated heterocycles. The molecule has 1 aliphatic rings. The first-order valence-electron chi connectivity index (χ1n) is 4.54. The molecule has 1 aromatic rings. The maximum Gasteiger partial charge on any atom is 0.0320 e. The molecule has 0 saturated carbocycles. The molecule has 1 aliphatic heterocycles. The van der Waals surface area contributed by atoms with Gasteiger partial charge in [0.2, 0.25) is 0 Å². The fourth-order valence-electron chi connectivity index (χ4n) is 1.33. The Balaban J connectivity index is 1.89. The average Bonchev–Trinajstić information content (AvgIpc) is 2.05. The predicted molar refractivity (Wildman–Crippen MR) is 57.6 cm³/mol. The molecular formula is C10H13BrN2. The quantitative estimate of drug-likeness (QED) is 0.838. The molecular weight excluding hydrogens is 228 g/mol. The maximum atomic E-state index is 3.53. The summed E-state index contributed by atoms with van der Waals surface area (Å²) in [5.74, 6) is 0. The van der Waals surface area contributed by atoms with Crippen LogP contribution >= 0.6 is 15.9 Å². The molecule has 0 radical (unpaired) electrons.